The summed E-state index contributed by atoms with van der Waals surface area (Å²) < 4.78 is 10.5. The van der Waals surface area contributed by atoms with Gasteiger partial charge in [0.1, 0.15) is 11.3 Å². The SMILES string of the molecule is CC1=C(CC(=O)O)c2cc(C)cc(C)c2C1.CC1=C(CC(=O)O)c2cc(CO)ccc2C1.CCOC(=O)c1ccc(Nc2nc3ccccc3o2)cc1.O=C(O)/C=C/C1=CCc2ccccc21.O=C1Cc2c(-c3ccccc3)cc(-c3cccc(Cl)c3)nc2-c2ccccc2N1.O=C=O.Oc1cccc(Nc2ccnc3cc(Cl)ccc23)c1. The van der Waals surface area contributed by atoms with Gasteiger partial charge >= 0.3 is 30.0 Å². The standard InChI is InChI=1S/C25H17ClN2O.C16H14N2O3.C15H11ClN2O.C14H16O2.C13H14O3.C12H10O2.CO2/c26-18-10-6-9-17(13-18)23-14-20(16-7-2-1-3-8-16)21-15-24(29)27-22-12-5-4-11-19(22)25(21)28-23;1-2-20-15(19)11-7-9-12(10-8-11)17-16-18-13-5-3-4-6-14(13)21-16;16-10-4-5-13-14(6-7-17-15(13)8-10)18-11-2-1-3-12(19)9-11;1-8-4-9(2)11-6-10(3)12(7-14(15)16)13(11)5-8;1-8-4-10-3-2-9(7-14)5-12(10)11(8)6-13(15)16;13-12(14)8-7-10-6-5-9-3-1-2-4-11(9)10;2-1-3/h1-14H,15H2,(H,27,29);3-10H,2H2,1H3,(H,17,18);1-9,19H,(H,17,18);4-5H,6-7H2,1-3H3,(H,15,16);2-3,5,14H,4,6-7H2,1H3,(H,15,16);1-4,6-8H,5H2,(H,13,14);/b;;;;;8-7+;. The van der Waals surface area contributed by atoms with Crippen molar-refractivity contribution in [3.63, 3.8) is 0 Å². The first-order chi connectivity index (χ1) is 56.9. The molecule has 4 aliphatic rings. The second-order valence-electron chi connectivity index (χ2n) is 27.7. The summed E-state index contributed by atoms with van der Waals surface area (Å²) in [5.74, 6) is -2.60. The quantitative estimate of drug-likeness (QED) is 0.0349. The number of hydrogen-bond acceptors (Lipinski definition) is 16. The van der Waals surface area contributed by atoms with Gasteiger partial charge in [0, 0.05) is 62.0 Å². The zero-order valence-electron chi connectivity index (χ0n) is 65.0. The molecule has 13 aromatic rings. The highest BCUT2D eigenvalue weighted by molar-refractivity contribution is 6.31. The van der Waals surface area contributed by atoms with Gasteiger partial charge in [-0.05, 0) is 241 Å². The fraction of sp³-hybridized carbons (Fsp3) is 0.135. The van der Waals surface area contributed by atoms with E-state index in [-0.39, 0.29) is 49.6 Å². The number of benzene rings is 10. The number of allylic oxidation sites excluding steroid dienone is 5. The molecule has 10 aromatic carbocycles. The molecule has 3 aromatic heterocycles. The van der Waals surface area contributed by atoms with Crippen LogP contribution < -0.4 is 16.0 Å². The lowest BCUT2D eigenvalue weighted by Crippen LogP contribution is -2.13. The van der Waals surface area contributed by atoms with Gasteiger partial charge in [0.15, 0.2) is 5.58 Å². The number of amides is 1. The van der Waals surface area contributed by atoms with E-state index in [1.807, 2.05) is 178 Å². The molecule has 594 valence electrons. The van der Waals surface area contributed by atoms with E-state index in [1.165, 1.54) is 33.9 Å². The molecule has 1 amide bonds. The predicted octanol–water partition coefficient (Wildman–Crippen LogP) is 21.1. The Morgan fingerprint density at radius 3 is 1.98 bits per heavy atom. The summed E-state index contributed by atoms with van der Waals surface area (Å²) in [4.78, 5) is 86.0. The van der Waals surface area contributed by atoms with Crippen LogP contribution in [0, 0.1) is 13.8 Å². The maximum atomic E-state index is 12.6. The summed E-state index contributed by atoms with van der Waals surface area (Å²) in [6.45, 7) is 10.3. The number of rotatable bonds is 15. The fourth-order valence-electron chi connectivity index (χ4n) is 14.0. The molecule has 118 heavy (non-hydrogen) atoms. The zero-order chi connectivity index (χ0) is 83.9. The maximum absolute atomic E-state index is 12.6. The van der Waals surface area contributed by atoms with Gasteiger partial charge in [-0.2, -0.15) is 14.6 Å². The van der Waals surface area contributed by atoms with Gasteiger partial charge in [0.2, 0.25) is 5.91 Å². The van der Waals surface area contributed by atoms with E-state index < -0.39 is 17.9 Å². The number of nitrogens with one attached hydrogen (secondary N) is 3. The molecular weight excluding hydrogens is 1530 g/mol. The van der Waals surface area contributed by atoms with Crippen LogP contribution >= 0.6 is 23.2 Å². The molecule has 3 aliphatic carbocycles. The van der Waals surface area contributed by atoms with Gasteiger partial charge in [-0.3, -0.25) is 19.4 Å². The first-order valence-electron chi connectivity index (χ1n) is 37.5. The first kappa shape index (κ1) is 84.8. The third-order valence-corrected chi connectivity index (χ3v) is 19.8. The number of nitrogens with zero attached hydrogens (tertiary/aromatic N) is 3. The lowest BCUT2D eigenvalue weighted by atomic mass is 9.92. The minimum Gasteiger partial charge on any atom is -0.508 e. The average Bonchev–Trinajstić information content (AvgIpc) is 1.44. The minimum atomic E-state index is -0.907. The van der Waals surface area contributed by atoms with Crippen molar-refractivity contribution in [1.82, 2.24) is 15.0 Å². The summed E-state index contributed by atoms with van der Waals surface area (Å²) >= 11 is 12.2. The van der Waals surface area contributed by atoms with Gasteiger partial charge in [0.05, 0.1) is 60.6 Å². The van der Waals surface area contributed by atoms with Crippen LogP contribution in [0.4, 0.5) is 28.8 Å². The highest BCUT2D eigenvalue weighted by Gasteiger charge is 2.27. The molecule has 0 unspecified atom stereocenters. The number of phenolic OH excluding ortho intramolecular Hbond substituents is 1. The van der Waals surface area contributed by atoms with Crippen LogP contribution in [0.1, 0.15) is 99.6 Å². The number of halogens is 2. The van der Waals surface area contributed by atoms with Crippen molar-refractivity contribution in [2.24, 2.45) is 0 Å². The molecule has 17 rings (SSSR count). The van der Waals surface area contributed by atoms with Crippen molar-refractivity contribution in [3.05, 3.63) is 343 Å². The van der Waals surface area contributed by atoms with Gasteiger partial charge in [-0.15, -0.1) is 0 Å². The number of carbonyl (C=O) groups excluding carboxylic acids is 4. The number of esters is 1. The zero-order valence-corrected chi connectivity index (χ0v) is 66.5. The van der Waals surface area contributed by atoms with E-state index in [0.29, 0.717) is 28.2 Å². The number of aliphatic hydroxyl groups excluding tert-OH is 1. The fourth-order valence-corrected chi connectivity index (χ4v) is 14.4. The molecule has 0 spiro atoms. The number of phenols is 1. The summed E-state index contributed by atoms with van der Waals surface area (Å²) in [5, 5.41) is 56.5. The Morgan fingerprint density at radius 2 is 1.27 bits per heavy atom. The molecule has 22 heteroatoms. The van der Waals surface area contributed by atoms with Gasteiger partial charge in [-0.1, -0.05) is 173 Å². The Bertz CT molecular complexity index is 6050. The van der Waals surface area contributed by atoms with Crippen molar-refractivity contribution in [3.8, 4) is 39.4 Å². The molecule has 1 aliphatic heterocycles. The topological polar surface area (TPSA) is 318 Å². The van der Waals surface area contributed by atoms with Crippen LogP contribution in [-0.4, -0.2) is 83.0 Å². The Labute approximate surface area is 690 Å². The second-order valence-corrected chi connectivity index (χ2v) is 28.6. The number of fused-ring (bicyclic) bond motifs is 8. The second kappa shape index (κ2) is 40.2. The Morgan fingerprint density at radius 1 is 0.593 bits per heavy atom. The highest BCUT2D eigenvalue weighted by atomic mass is 35.5. The Hall–Kier alpha value is -14.1. The molecule has 0 bridgehead atoms. The number of anilines is 5. The Balaban J connectivity index is 0.000000140. The van der Waals surface area contributed by atoms with Crippen LogP contribution in [0.15, 0.2) is 277 Å². The number of aliphatic carboxylic acids is 3. The summed E-state index contributed by atoms with van der Waals surface area (Å²) in [7, 11) is 0. The summed E-state index contributed by atoms with van der Waals surface area (Å²) in [6, 6.07) is 75.1. The molecule has 20 nitrogen and oxygen atoms in total. The van der Waals surface area contributed by atoms with E-state index >= 15 is 0 Å². The van der Waals surface area contributed by atoms with Crippen LogP contribution in [0.3, 0.4) is 0 Å². The smallest absolute Gasteiger partial charge is 0.373 e. The third kappa shape index (κ3) is 22.2. The average molecular weight is 1610 g/mol. The molecule has 0 saturated carbocycles. The van der Waals surface area contributed by atoms with Crippen molar-refractivity contribution < 1.29 is 68.2 Å². The predicted molar refractivity (Wildman–Crippen MR) is 461 cm³/mol. The van der Waals surface area contributed by atoms with E-state index in [9.17, 15) is 29.1 Å². The van der Waals surface area contributed by atoms with Crippen molar-refractivity contribution in [2.75, 3.05) is 22.6 Å². The number of oxazole rings is 1. The highest BCUT2D eigenvalue weighted by Crippen LogP contribution is 2.42. The lowest BCUT2D eigenvalue weighted by molar-refractivity contribution is -0.191. The number of carboxylic acids is 3. The summed E-state index contributed by atoms with van der Waals surface area (Å²) in [5.41, 5.74) is 28.3. The van der Waals surface area contributed by atoms with Crippen molar-refractivity contribution in [1.29, 1.82) is 0 Å². The van der Waals surface area contributed by atoms with Crippen molar-refractivity contribution >= 4 is 127 Å². The molecule has 8 N–H and O–H groups in total. The Kier molecular flexibility index (Phi) is 28.9. The van der Waals surface area contributed by atoms with E-state index in [0.717, 1.165) is 153 Å². The van der Waals surface area contributed by atoms with E-state index in [4.69, 9.17) is 67.4 Å². The largest absolute Gasteiger partial charge is 0.508 e. The molecule has 0 fully saturated rings. The molecule has 0 atom stereocenters. The van der Waals surface area contributed by atoms with Crippen LogP contribution in [0.5, 0.6) is 5.75 Å². The number of carboxylic acid groups (broad SMARTS) is 3. The molecule has 4 heterocycles. The van der Waals surface area contributed by atoms with Gasteiger partial charge in [-0.25, -0.2) is 14.6 Å². The number of carbonyl (C=O) groups is 5. The monoisotopic (exact) mass is 1610 g/mol. The molecule has 0 radical (unpaired) electrons. The van der Waals surface area contributed by atoms with Gasteiger partial charge < -0.3 is 50.6 Å². The van der Waals surface area contributed by atoms with Crippen LogP contribution in [0.25, 0.3) is 72.4 Å². The summed E-state index contributed by atoms with van der Waals surface area (Å²) in [6.07, 6.45) is 9.95. The number of para-hydroxylation sites is 3. The van der Waals surface area contributed by atoms with Crippen LogP contribution in [0.2, 0.25) is 10.0 Å². The minimum absolute atomic E-state index is 0.00726. The number of aromatic nitrogens is 3. The number of pyridine rings is 2. The number of hydrogen-bond donors (Lipinski definition) is 8. The number of aliphatic hydroxyl groups is 1. The molecule has 0 saturated heterocycles. The third-order valence-electron chi connectivity index (χ3n) is 19.4. The van der Waals surface area contributed by atoms with Crippen LogP contribution in [-0.2, 0) is 65.8 Å². The lowest BCUT2D eigenvalue weighted by Gasteiger charge is -2.15. The first-order valence-corrected chi connectivity index (χ1v) is 38.3. The maximum Gasteiger partial charge on any atom is 0.373 e. The van der Waals surface area contributed by atoms with Crippen molar-refractivity contribution in [2.45, 2.75) is 79.8 Å². The number of ether oxygens (including phenoxy) is 1. The number of aromatic hydroxyl groups is 1. The van der Waals surface area contributed by atoms with E-state index in [1.54, 1.807) is 61.7 Å². The van der Waals surface area contributed by atoms with Gasteiger partial charge in [0.25, 0.3) is 6.01 Å². The normalized spacial score (nSPS) is 12.2. The molecular formula is C96H82Cl2N6O14. The number of aryl methyl sites for hydroxylation is 2. The van der Waals surface area contributed by atoms with E-state index in [2.05, 4.69) is 76.2 Å².